The van der Waals surface area contributed by atoms with E-state index in [9.17, 15) is 13.2 Å². The van der Waals surface area contributed by atoms with Crippen LogP contribution in [0.4, 0.5) is 5.69 Å². The average molecular weight is 287 g/mol. The number of hydrogen-bond acceptors (Lipinski definition) is 5. The predicted molar refractivity (Wildman–Crippen MR) is 65.5 cm³/mol. The summed E-state index contributed by atoms with van der Waals surface area (Å²) in [5, 5.41) is 12.1. The van der Waals surface area contributed by atoms with Crippen molar-refractivity contribution in [3.05, 3.63) is 34.4 Å². The standard InChI is InChI=1S/C10H9NO5S2/c1-6-9(4-8(16-6)10(12)13)18(14,15)11-7-2-3-17-5-7/h2-5,11H,1H3,(H,12,13). The first-order valence-corrected chi connectivity index (χ1v) is 7.21. The monoisotopic (exact) mass is 287 g/mol. The van der Waals surface area contributed by atoms with Crippen molar-refractivity contribution in [1.29, 1.82) is 0 Å². The fraction of sp³-hybridized carbons (Fsp3) is 0.100. The number of furan rings is 1. The van der Waals surface area contributed by atoms with Crippen molar-refractivity contribution in [1.82, 2.24) is 0 Å². The van der Waals surface area contributed by atoms with E-state index >= 15 is 0 Å². The molecule has 0 radical (unpaired) electrons. The number of nitrogens with one attached hydrogen (secondary N) is 1. The van der Waals surface area contributed by atoms with Crippen LogP contribution in [0.25, 0.3) is 0 Å². The van der Waals surface area contributed by atoms with Gasteiger partial charge in [0.1, 0.15) is 10.7 Å². The number of rotatable bonds is 4. The number of carbonyl (C=O) groups is 1. The first-order valence-electron chi connectivity index (χ1n) is 4.79. The number of carboxylic acid groups (broad SMARTS) is 1. The van der Waals surface area contributed by atoms with Crippen molar-refractivity contribution < 1.29 is 22.7 Å². The van der Waals surface area contributed by atoms with E-state index in [4.69, 9.17) is 9.52 Å². The molecule has 8 heteroatoms. The summed E-state index contributed by atoms with van der Waals surface area (Å²) in [4.78, 5) is 10.5. The van der Waals surface area contributed by atoms with Gasteiger partial charge in [0.2, 0.25) is 5.76 Å². The molecule has 18 heavy (non-hydrogen) atoms. The van der Waals surface area contributed by atoms with Gasteiger partial charge in [-0.3, -0.25) is 4.72 Å². The van der Waals surface area contributed by atoms with Crippen LogP contribution in [0.15, 0.2) is 32.2 Å². The quantitative estimate of drug-likeness (QED) is 0.898. The topological polar surface area (TPSA) is 96.6 Å². The van der Waals surface area contributed by atoms with Crippen molar-refractivity contribution in [3.8, 4) is 0 Å². The zero-order valence-corrected chi connectivity index (χ0v) is 10.8. The van der Waals surface area contributed by atoms with Crippen molar-refractivity contribution >= 4 is 33.0 Å². The van der Waals surface area contributed by atoms with Crippen LogP contribution in [-0.4, -0.2) is 19.5 Å². The fourth-order valence-corrected chi connectivity index (χ4v) is 3.26. The Kier molecular flexibility index (Phi) is 3.14. The van der Waals surface area contributed by atoms with Crippen LogP contribution in [0.5, 0.6) is 0 Å². The number of thiophene rings is 1. The third kappa shape index (κ3) is 2.39. The summed E-state index contributed by atoms with van der Waals surface area (Å²) in [6, 6.07) is 2.60. The van der Waals surface area contributed by atoms with Crippen LogP contribution in [0.2, 0.25) is 0 Å². The Morgan fingerprint density at radius 2 is 2.22 bits per heavy atom. The van der Waals surface area contributed by atoms with E-state index in [1.54, 1.807) is 16.8 Å². The molecule has 0 aliphatic rings. The van der Waals surface area contributed by atoms with Gasteiger partial charge in [-0.25, -0.2) is 13.2 Å². The van der Waals surface area contributed by atoms with E-state index in [0.717, 1.165) is 6.07 Å². The van der Waals surface area contributed by atoms with Gasteiger partial charge in [0, 0.05) is 11.4 Å². The van der Waals surface area contributed by atoms with Crippen molar-refractivity contribution in [2.24, 2.45) is 0 Å². The highest BCUT2D eigenvalue weighted by atomic mass is 32.2. The van der Waals surface area contributed by atoms with Gasteiger partial charge in [-0.1, -0.05) is 0 Å². The average Bonchev–Trinajstić information content (AvgIpc) is 2.86. The van der Waals surface area contributed by atoms with Gasteiger partial charge in [0.25, 0.3) is 10.0 Å². The molecule has 2 heterocycles. The molecule has 0 aliphatic carbocycles. The number of hydrogen-bond donors (Lipinski definition) is 2. The van der Waals surface area contributed by atoms with E-state index in [2.05, 4.69) is 4.72 Å². The lowest BCUT2D eigenvalue weighted by Gasteiger charge is -2.03. The summed E-state index contributed by atoms with van der Waals surface area (Å²) in [5.74, 6) is -1.68. The summed E-state index contributed by atoms with van der Waals surface area (Å²) >= 11 is 1.35. The molecule has 6 nitrogen and oxygen atoms in total. The lowest BCUT2D eigenvalue weighted by molar-refractivity contribution is 0.0661. The summed E-state index contributed by atoms with van der Waals surface area (Å²) in [5.41, 5.74) is 0.428. The van der Waals surface area contributed by atoms with Crippen molar-refractivity contribution in [3.63, 3.8) is 0 Å². The van der Waals surface area contributed by atoms with Crippen LogP contribution < -0.4 is 4.72 Å². The molecule has 0 amide bonds. The van der Waals surface area contributed by atoms with E-state index < -0.39 is 21.8 Å². The molecule has 0 unspecified atom stereocenters. The van der Waals surface area contributed by atoms with Crippen LogP contribution in [-0.2, 0) is 10.0 Å². The van der Waals surface area contributed by atoms with Gasteiger partial charge in [-0.05, 0) is 18.4 Å². The highest BCUT2D eigenvalue weighted by Crippen LogP contribution is 2.23. The summed E-state index contributed by atoms with van der Waals surface area (Å²) in [6.45, 7) is 1.40. The van der Waals surface area contributed by atoms with E-state index in [1.165, 1.54) is 18.3 Å². The Labute approximate surface area is 107 Å². The fourth-order valence-electron chi connectivity index (χ4n) is 1.37. The SMILES string of the molecule is Cc1oc(C(=O)O)cc1S(=O)(=O)Nc1ccsc1. The molecule has 2 N–H and O–H groups in total. The van der Waals surface area contributed by atoms with E-state index in [0.29, 0.717) is 5.69 Å². The highest BCUT2D eigenvalue weighted by molar-refractivity contribution is 7.92. The van der Waals surface area contributed by atoms with Gasteiger partial charge in [-0.15, -0.1) is 0 Å². The maximum atomic E-state index is 12.0. The number of aromatic carboxylic acids is 1. The molecular weight excluding hydrogens is 278 g/mol. The number of carboxylic acids is 1. The van der Waals surface area contributed by atoms with Gasteiger partial charge in [0.05, 0.1) is 5.69 Å². The minimum atomic E-state index is -3.83. The zero-order chi connectivity index (χ0) is 13.3. The van der Waals surface area contributed by atoms with Crippen LogP contribution >= 0.6 is 11.3 Å². The molecule has 0 aromatic carbocycles. The second-order valence-electron chi connectivity index (χ2n) is 3.45. The minimum absolute atomic E-state index is 0.0372. The van der Waals surface area contributed by atoms with Crippen LogP contribution in [0, 0.1) is 6.92 Å². The van der Waals surface area contributed by atoms with Crippen LogP contribution in [0.3, 0.4) is 0 Å². The van der Waals surface area contributed by atoms with E-state index in [1.807, 2.05) is 0 Å². The Bertz CT molecular complexity index is 669. The summed E-state index contributed by atoms with van der Waals surface area (Å²) < 4.78 is 31.2. The van der Waals surface area contributed by atoms with Gasteiger partial charge < -0.3 is 9.52 Å². The van der Waals surface area contributed by atoms with E-state index in [-0.39, 0.29) is 10.7 Å². The smallest absolute Gasteiger partial charge is 0.371 e. The molecular formula is C10H9NO5S2. The third-order valence-electron chi connectivity index (χ3n) is 2.15. The van der Waals surface area contributed by atoms with Crippen LogP contribution in [0.1, 0.15) is 16.3 Å². The first-order chi connectivity index (χ1) is 8.40. The molecule has 0 aliphatic heterocycles. The van der Waals surface area contributed by atoms with Crippen molar-refractivity contribution in [2.45, 2.75) is 11.8 Å². The molecule has 96 valence electrons. The molecule has 2 aromatic heterocycles. The molecule has 0 fully saturated rings. The highest BCUT2D eigenvalue weighted by Gasteiger charge is 2.23. The lowest BCUT2D eigenvalue weighted by atomic mass is 10.4. The first kappa shape index (κ1) is 12.7. The lowest BCUT2D eigenvalue weighted by Crippen LogP contribution is -2.12. The summed E-state index contributed by atoms with van der Waals surface area (Å²) in [6.07, 6.45) is 0. The molecule has 2 rings (SSSR count). The third-order valence-corrected chi connectivity index (χ3v) is 4.32. The number of anilines is 1. The molecule has 0 atom stereocenters. The minimum Gasteiger partial charge on any atom is -0.475 e. The molecule has 0 saturated carbocycles. The second-order valence-corrected chi connectivity index (χ2v) is 5.88. The Hall–Kier alpha value is -1.80. The summed E-state index contributed by atoms with van der Waals surface area (Å²) in [7, 11) is -3.83. The molecule has 0 saturated heterocycles. The predicted octanol–water partition coefficient (Wildman–Crippen LogP) is 2.15. The zero-order valence-electron chi connectivity index (χ0n) is 9.21. The number of sulfonamides is 1. The number of aryl methyl sites for hydroxylation is 1. The Morgan fingerprint density at radius 3 is 2.72 bits per heavy atom. The van der Waals surface area contributed by atoms with Crippen molar-refractivity contribution in [2.75, 3.05) is 4.72 Å². The maximum Gasteiger partial charge on any atom is 0.371 e. The maximum absolute atomic E-state index is 12.0. The Morgan fingerprint density at radius 1 is 1.50 bits per heavy atom. The molecule has 2 aromatic rings. The van der Waals surface area contributed by atoms with Gasteiger partial charge >= 0.3 is 5.97 Å². The van der Waals surface area contributed by atoms with Gasteiger partial charge in [0.15, 0.2) is 0 Å². The molecule has 0 bridgehead atoms. The normalized spacial score (nSPS) is 11.4. The van der Waals surface area contributed by atoms with Gasteiger partial charge in [-0.2, -0.15) is 11.3 Å². The molecule has 0 spiro atoms. The second kappa shape index (κ2) is 4.46. The Balaban J connectivity index is 2.38. The largest absolute Gasteiger partial charge is 0.475 e.